The number of carbonyl (C=O) groups is 1. The zero-order valence-electron chi connectivity index (χ0n) is 16.5. The molecule has 0 bridgehead atoms. The molecule has 7 unspecified atom stereocenters. The van der Waals surface area contributed by atoms with Crippen LogP contribution in [0.5, 0.6) is 0 Å². The van der Waals surface area contributed by atoms with E-state index in [1.165, 1.54) is 5.56 Å². The lowest BCUT2D eigenvalue weighted by atomic mass is 9.55. The van der Waals surface area contributed by atoms with Crippen LogP contribution in [-0.2, 0) is 14.9 Å². The van der Waals surface area contributed by atoms with E-state index in [-0.39, 0.29) is 41.9 Å². The van der Waals surface area contributed by atoms with Crippen LogP contribution in [0.3, 0.4) is 0 Å². The van der Waals surface area contributed by atoms with Crippen LogP contribution in [0.25, 0.3) is 0 Å². The fourth-order valence-corrected chi connectivity index (χ4v) is 7.07. The van der Waals surface area contributed by atoms with Crippen molar-refractivity contribution in [3.63, 3.8) is 0 Å². The first-order chi connectivity index (χ1) is 13.0. The van der Waals surface area contributed by atoms with Gasteiger partial charge in [0.1, 0.15) is 0 Å². The minimum atomic E-state index is -0.0118. The van der Waals surface area contributed by atoms with Crippen molar-refractivity contribution in [2.75, 3.05) is 31.7 Å². The molecular weight excluding hydrogens is 340 g/mol. The van der Waals surface area contributed by atoms with E-state index in [4.69, 9.17) is 4.74 Å². The van der Waals surface area contributed by atoms with Gasteiger partial charge in [0.25, 0.3) is 0 Å². The molecule has 0 aromatic heterocycles. The van der Waals surface area contributed by atoms with E-state index >= 15 is 0 Å². The smallest absolute Gasteiger partial charge is 0.224 e. The molecule has 7 atom stereocenters. The molecule has 1 N–H and O–H groups in total. The van der Waals surface area contributed by atoms with Gasteiger partial charge >= 0.3 is 0 Å². The molecule has 2 saturated heterocycles. The van der Waals surface area contributed by atoms with Gasteiger partial charge in [0.05, 0.1) is 18.8 Å². The zero-order chi connectivity index (χ0) is 18.9. The summed E-state index contributed by atoms with van der Waals surface area (Å²) in [5.41, 5.74) is 2.43. The summed E-state index contributed by atoms with van der Waals surface area (Å²) in [5.74, 6) is 0.932. The minimum Gasteiger partial charge on any atom is -0.396 e. The fraction of sp³-hybridized carbons (Fsp3) is 0.682. The predicted molar refractivity (Wildman–Crippen MR) is 104 cm³/mol. The summed E-state index contributed by atoms with van der Waals surface area (Å²) in [5, 5.41) is 10.1. The summed E-state index contributed by atoms with van der Waals surface area (Å²) >= 11 is 0. The average molecular weight is 370 g/mol. The quantitative estimate of drug-likeness (QED) is 0.822. The molecule has 5 nitrogen and oxygen atoms in total. The van der Waals surface area contributed by atoms with Gasteiger partial charge in [-0.15, -0.1) is 0 Å². The number of fused-ring (bicyclic) bond motifs is 3. The highest BCUT2D eigenvalue weighted by atomic mass is 16.5. The summed E-state index contributed by atoms with van der Waals surface area (Å²) in [6.45, 7) is 5.68. The third kappa shape index (κ3) is 2.13. The number of para-hydroxylation sites is 1. The Morgan fingerprint density at radius 3 is 2.85 bits per heavy atom. The van der Waals surface area contributed by atoms with Crippen molar-refractivity contribution in [3.8, 4) is 0 Å². The SMILES string of the molecule is CC(=O)N1c2ccccc2C23CCN(C)C2CC2C(CO)C(C)OCC2C13. The van der Waals surface area contributed by atoms with Gasteiger partial charge in [-0.1, -0.05) is 18.2 Å². The van der Waals surface area contributed by atoms with E-state index in [0.29, 0.717) is 18.6 Å². The molecule has 27 heavy (non-hydrogen) atoms. The van der Waals surface area contributed by atoms with Crippen molar-refractivity contribution >= 4 is 11.6 Å². The van der Waals surface area contributed by atoms with Crippen molar-refractivity contribution < 1.29 is 14.6 Å². The van der Waals surface area contributed by atoms with Crippen LogP contribution in [0.4, 0.5) is 5.69 Å². The number of rotatable bonds is 1. The highest BCUT2D eigenvalue weighted by Gasteiger charge is 2.67. The van der Waals surface area contributed by atoms with Gasteiger partial charge in [-0.25, -0.2) is 0 Å². The molecule has 1 aromatic rings. The first kappa shape index (κ1) is 17.7. The Labute approximate surface area is 161 Å². The first-order valence-corrected chi connectivity index (χ1v) is 10.3. The lowest BCUT2D eigenvalue weighted by molar-refractivity contribution is -0.136. The molecule has 1 aliphatic carbocycles. The van der Waals surface area contributed by atoms with E-state index in [9.17, 15) is 9.90 Å². The second-order valence-corrected chi connectivity index (χ2v) is 9.09. The number of nitrogens with zero attached hydrogens (tertiary/aromatic N) is 2. The molecule has 1 aromatic carbocycles. The van der Waals surface area contributed by atoms with Crippen molar-refractivity contribution in [2.45, 2.75) is 50.3 Å². The molecule has 0 radical (unpaired) electrons. The molecule has 3 fully saturated rings. The van der Waals surface area contributed by atoms with Crippen LogP contribution in [0.1, 0.15) is 32.3 Å². The van der Waals surface area contributed by atoms with Crippen LogP contribution in [0, 0.1) is 17.8 Å². The summed E-state index contributed by atoms with van der Waals surface area (Å²) in [7, 11) is 2.23. The maximum Gasteiger partial charge on any atom is 0.224 e. The third-order valence-electron chi connectivity index (χ3n) is 8.18. The number of benzene rings is 1. The van der Waals surface area contributed by atoms with E-state index in [1.54, 1.807) is 6.92 Å². The zero-order valence-corrected chi connectivity index (χ0v) is 16.5. The molecule has 1 amide bonds. The standard InChI is InChI=1S/C22H30N2O3/c1-13-16(11-25)15-10-20-22(8-9-23(20)3)18-6-4-5-7-19(18)24(14(2)26)21(22)17(15)12-27-13/h4-7,13,15-17,20-21,25H,8-12H2,1-3H3. The molecule has 1 saturated carbocycles. The summed E-state index contributed by atoms with van der Waals surface area (Å²) in [6.07, 6.45) is 2.24. The number of likely N-dealkylation sites (tertiary alicyclic amines) is 1. The minimum absolute atomic E-state index is 0.0118. The van der Waals surface area contributed by atoms with Crippen LogP contribution >= 0.6 is 0 Å². The van der Waals surface area contributed by atoms with Gasteiger partial charge in [-0.3, -0.25) is 4.79 Å². The van der Waals surface area contributed by atoms with Gasteiger partial charge < -0.3 is 19.6 Å². The normalized spacial score (nSPS) is 43.0. The number of aliphatic hydroxyl groups is 1. The second kappa shape index (κ2) is 6.03. The summed E-state index contributed by atoms with van der Waals surface area (Å²) < 4.78 is 6.15. The number of carbonyl (C=O) groups excluding carboxylic acids is 1. The van der Waals surface area contributed by atoms with Crippen LogP contribution < -0.4 is 4.90 Å². The van der Waals surface area contributed by atoms with Crippen molar-refractivity contribution in [3.05, 3.63) is 29.8 Å². The molecule has 4 aliphatic rings. The molecule has 3 heterocycles. The predicted octanol–water partition coefficient (Wildman–Crippen LogP) is 2.03. The number of likely N-dealkylation sites (N-methyl/N-ethyl adjacent to an activating group) is 1. The number of aliphatic hydroxyl groups excluding tert-OH is 1. The van der Waals surface area contributed by atoms with Crippen molar-refractivity contribution in [1.29, 1.82) is 0 Å². The monoisotopic (exact) mass is 370 g/mol. The highest BCUT2D eigenvalue weighted by Crippen LogP contribution is 2.62. The highest BCUT2D eigenvalue weighted by molar-refractivity contribution is 5.96. The number of ether oxygens (including phenoxy) is 1. The number of hydrogen-bond acceptors (Lipinski definition) is 4. The molecule has 3 aliphatic heterocycles. The Hall–Kier alpha value is -1.43. The molecule has 146 valence electrons. The molecule has 1 spiro atoms. The Balaban J connectivity index is 1.70. The summed E-state index contributed by atoms with van der Waals surface area (Å²) in [6, 6.07) is 9.06. The topological polar surface area (TPSA) is 53.0 Å². The lowest BCUT2D eigenvalue weighted by Gasteiger charge is -2.56. The average Bonchev–Trinajstić information content (AvgIpc) is 3.15. The van der Waals surface area contributed by atoms with E-state index in [1.807, 2.05) is 6.07 Å². The van der Waals surface area contributed by atoms with Gasteiger partial charge in [0.15, 0.2) is 0 Å². The Morgan fingerprint density at radius 2 is 2.11 bits per heavy atom. The largest absolute Gasteiger partial charge is 0.396 e. The van der Waals surface area contributed by atoms with Gasteiger partial charge in [-0.2, -0.15) is 0 Å². The maximum atomic E-state index is 12.8. The van der Waals surface area contributed by atoms with Crippen LogP contribution in [-0.4, -0.2) is 60.9 Å². The van der Waals surface area contributed by atoms with Gasteiger partial charge in [0, 0.05) is 42.5 Å². The fourth-order valence-electron chi connectivity index (χ4n) is 7.07. The van der Waals surface area contributed by atoms with Gasteiger partial charge in [0.2, 0.25) is 5.91 Å². The number of anilines is 1. The van der Waals surface area contributed by atoms with Gasteiger partial charge in [-0.05, 0) is 50.9 Å². The van der Waals surface area contributed by atoms with Crippen molar-refractivity contribution in [1.82, 2.24) is 4.90 Å². The van der Waals surface area contributed by atoms with Crippen molar-refractivity contribution in [2.24, 2.45) is 17.8 Å². The van der Waals surface area contributed by atoms with E-state index in [2.05, 4.69) is 42.0 Å². The number of amides is 1. The summed E-state index contributed by atoms with van der Waals surface area (Å²) in [4.78, 5) is 17.4. The third-order valence-corrected chi connectivity index (χ3v) is 8.18. The lowest BCUT2D eigenvalue weighted by Crippen LogP contribution is -2.65. The van der Waals surface area contributed by atoms with Crippen LogP contribution in [0.2, 0.25) is 0 Å². The maximum absolute atomic E-state index is 12.8. The van der Waals surface area contributed by atoms with E-state index in [0.717, 1.165) is 25.1 Å². The Bertz CT molecular complexity index is 768. The first-order valence-electron chi connectivity index (χ1n) is 10.3. The molecule has 5 rings (SSSR count). The van der Waals surface area contributed by atoms with E-state index < -0.39 is 0 Å². The second-order valence-electron chi connectivity index (χ2n) is 9.09. The molecule has 5 heteroatoms. The Morgan fingerprint density at radius 1 is 1.33 bits per heavy atom. The van der Waals surface area contributed by atoms with Crippen LogP contribution in [0.15, 0.2) is 24.3 Å². The number of hydrogen-bond donors (Lipinski definition) is 1. The molecular formula is C22H30N2O3. The Kier molecular flexibility index (Phi) is 3.94.